The smallest absolute Gasteiger partial charge is 0.183 e. The van der Waals surface area contributed by atoms with E-state index in [1.807, 2.05) is 0 Å². The van der Waals surface area contributed by atoms with Crippen molar-refractivity contribution < 1.29 is 19.7 Å². The summed E-state index contributed by atoms with van der Waals surface area (Å²) < 4.78 is 9.70. The van der Waals surface area contributed by atoms with Crippen molar-refractivity contribution in [2.24, 2.45) is 0 Å². The molecule has 10 heavy (non-hydrogen) atoms. The Morgan fingerprint density at radius 1 is 1.50 bits per heavy atom. The van der Waals surface area contributed by atoms with E-state index in [-0.39, 0.29) is 6.61 Å². The van der Waals surface area contributed by atoms with Gasteiger partial charge in [-0.3, -0.25) is 0 Å². The van der Waals surface area contributed by atoms with Gasteiger partial charge >= 0.3 is 0 Å². The van der Waals surface area contributed by atoms with Gasteiger partial charge in [0.05, 0.1) is 12.7 Å². The van der Waals surface area contributed by atoms with Gasteiger partial charge in [-0.05, 0) is 0 Å². The van der Waals surface area contributed by atoms with Crippen molar-refractivity contribution in [1.82, 2.24) is 0 Å². The van der Waals surface area contributed by atoms with Gasteiger partial charge in [0.2, 0.25) is 0 Å². The van der Waals surface area contributed by atoms with Crippen LogP contribution in [0, 0.1) is 0 Å². The highest BCUT2D eigenvalue weighted by atomic mass is 16.7. The van der Waals surface area contributed by atoms with E-state index < -0.39 is 18.5 Å². The van der Waals surface area contributed by atoms with Crippen LogP contribution in [0.5, 0.6) is 0 Å². The third-order valence-corrected chi connectivity index (χ3v) is 1.51. The highest BCUT2D eigenvalue weighted by Gasteiger charge is 2.28. The Labute approximate surface area is 59.4 Å². The zero-order valence-corrected chi connectivity index (χ0v) is 5.86. The largest absolute Gasteiger partial charge is 0.391 e. The van der Waals surface area contributed by atoms with E-state index in [0.29, 0.717) is 6.42 Å². The second-order valence-electron chi connectivity index (χ2n) is 2.39. The Bertz CT molecular complexity index is 106. The van der Waals surface area contributed by atoms with Crippen LogP contribution in [0.4, 0.5) is 0 Å². The number of aliphatic hydroxyl groups is 2. The Kier molecular flexibility index (Phi) is 2.62. The van der Waals surface area contributed by atoms with Crippen molar-refractivity contribution in [3.63, 3.8) is 0 Å². The van der Waals surface area contributed by atoms with Gasteiger partial charge in [0.1, 0.15) is 6.10 Å². The first-order chi connectivity index (χ1) is 4.74. The summed E-state index contributed by atoms with van der Waals surface area (Å²) in [6.07, 6.45) is -1.49. The van der Waals surface area contributed by atoms with Gasteiger partial charge in [0, 0.05) is 13.5 Å². The van der Waals surface area contributed by atoms with E-state index in [1.54, 1.807) is 0 Å². The van der Waals surface area contributed by atoms with E-state index in [0.717, 1.165) is 0 Å². The molecule has 1 aliphatic heterocycles. The molecule has 0 aromatic carbocycles. The lowest BCUT2D eigenvalue weighted by molar-refractivity contribution is -0.224. The fraction of sp³-hybridized carbons (Fsp3) is 1.00. The van der Waals surface area contributed by atoms with Crippen molar-refractivity contribution in [2.75, 3.05) is 13.7 Å². The van der Waals surface area contributed by atoms with Crippen molar-refractivity contribution >= 4 is 0 Å². The molecule has 0 aromatic heterocycles. The maximum absolute atomic E-state index is 9.13. The number of rotatable bonds is 1. The minimum Gasteiger partial charge on any atom is -0.391 e. The summed E-state index contributed by atoms with van der Waals surface area (Å²) in [5, 5.41) is 18.1. The molecule has 4 nitrogen and oxygen atoms in total. The van der Waals surface area contributed by atoms with Crippen LogP contribution in [0.15, 0.2) is 0 Å². The highest BCUT2D eigenvalue weighted by molar-refractivity contribution is 4.71. The van der Waals surface area contributed by atoms with Crippen LogP contribution in [-0.2, 0) is 9.47 Å². The topological polar surface area (TPSA) is 58.9 Å². The van der Waals surface area contributed by atoms with Crippen LogP contribution in [0.25, 0.3) is 0 Å². The fourth-order valence-corrected chi connectivity index (χ4v) is 1.00. The second kappa shape index (κ2) is 3.30. The lowest BCUT2D eigenvalue weighted by atomic mass is 10.1. The van der Waals surface area contributed by atoms with Gasteiger partial charge in [0.25, 0.3) is 0 Å². The monoisotopic (exact) mass is 148 g/mol. The molecule has 0 aromatic rings. The van der Waals surface area contributed by atoms with Gasteiger partial charge < -0.3 is 19.7 Å². The summed E-state index contributed by atoms with van der Waals surface area (Å²) >= 11 is 0. The van der Waals surface area contributed by atoms with E-state index in [2.05, 4.69) is 0 Å². The Morgan fingerprint density at radius 2 is 2.20 bits per heavy atom. The SMILES string of the molecule is CO[C@@H]1OC[C@H](O)CC1O. The zero-order chi connectivity index (χ0) is 7.56. The molecule has 0 amide bonds. The molecule has 3 atom stereocenters. The molecule has 0 aliphatic carbocycles. The summed E-state index contributed by atoms with van der Waals surface area (Å²) in [7, 11) is 1.46. The normalized spacial score (nSPS) is 41.7. The quantitative estimate of drug-likeness (QED) is 0.506. The molecule has 1 unspecified atom stereocenters. The molecule has 1 rings (SSSR count). The van der Waals surface area contributed by atoms with Gasteiger partial charge in [0.15, 0.2) is 6.29 Å². The molecule has 1 aliphatic rings. The van der Waals surface area contributed by atoms with Gasteiger partial charge in [-0.2, -0.15) is 0 Å². The summed E-state index contributed by atoms with van der Waals surface area (Å²) in [6, 6.07) is 0. The van der Waals surface area contributed by atoms with Crippen LogP contribution in [-0.4, -0.2) is 42.4 Å². The lowest BCUT2D eigenvalue weighted by Crippen LogP contribution is -2.41. The number of methoxy groups -OCH3 is 1. The fourth-order valence-electron chi connectivity index (χ4n) is 1.00. The second-order valence-corrected chi connectivity index (χ2v) is 2.39. The summed E-state index contributed by atoms with van der Waals surface area (Å²) in [5.74, 6) is 0. The molecular formula is C6H12O4. The standard InChI is InChI=1S/C6H12O4/c1-9-6-5(8)2-4(7)3-10-6/h4-8H,2-3H2,1H3/t4-,5?,6-/m1/s1. The molecule has 4 heteroatoms. The molecule has 1 heterocycles. The molecule has 0 spiro atoms. The molecule has 0 bridgehead atoms. The third-order valence-electron chi connectivity index (χ3n) is 1.51. The predicted octanol–water partition coefficient (Wildman–Crippen LogP) is -0.899. The van der Waals surface area contributed by atoms with Crippen molar-refractivity contribution in [2.45, 2.75) is 24.9 Å². The first-order valence-electron chi connectivity index (χ1n) is 3.24. The molecule has 0 saturated carbocycles. The van der Waals surface area contributed by atoms with E-state index in [1.165, 1.54) is 7.11 Å². The van der Waals surface area contributed by atoms with Crippen LogP contribution >= 0.6 is 0 Å². The van der Waals surface area contributed by atoms with Gasteiger partial charge in [-0.1, -0.05) is 0 Å². The van der Waals surface area contributed by atoms with Crippen LogP contribution < -0.4 is 0 Å². The Balaban J connectivity index is 2.36. The first-order valence-corrected chi connectivity index (χ1v) is 3.24. The molecule has 2 N–H and O–H groups in total. The summed E-state index contributed by atoms with van der Waals surface area (Å²) in [6.45, 7) is 0.246. The Hall–Kier alpha value is -0.160. The molecule has 1 fully saturated rings. The van der Waals surface area contributed by atoms with E-state index in [9.17, 15) is 0 Å². The van der Waals surface area contributed by atoms with Gasteiger partial charge in [-0.15, -0.1) is 0 Å². The predicted molar refractivity (Wildman–Crippen MR) is 33.4 cm³/mol. The Morgan fingerprint density at radius 3 is 2.70 bits per heavy atom. The maximum Gasteiger partial charge on any atom is 0.183 e. The van der Waals surface area contributed by atoms with Gasteiger partial charge in [-0.25, -0.2) is 0 Å². The minimum atomic E-state index is -0.700. The average molecular weight is 148 g/mol. The van der Waals surface area contributed by atoms with Crippen LogP contribution in [0.1, 0.15) is 6.42 Å². The summed E-state index contributed by atoms with van der Waals surface area (Å²) in [4.78, 5) is 0. The van der Waals surface area contributed by atoms with Crippen LogP contribution in [0.2, 0.25) is 0 Å². The summed E-state index contributed by atoms with van der Waals surface area (Å²) in [5.41, 5.74) is 0. The number of hydrogen-bond acceptors (Lipinski definition) is 4. The minimum absolute atomic E-state index is 0.246. The molecule has 0 radical (unpaired) electrons. The van der Waals surface area contributed by atoms with Crippen molar-refractivity contribution in [1.29, 1.82) is 0 Å². The first kappa shape index (κ1) is 7.94. The van der Waals surface area contributed by atoms with E-state index in [4.69, 9.17) is 19.7 Å². The van der Waals surface area contributed by atoms with Crippen molar-refractivity contribution in [3.05, 3.63) is 0 Å². The third kappa shape index (κ3) is 1.67. The average Bonchev–Trinajstić information content (AvgIpc) is 1.88. The zero-order valence-electron chi connectivity index (χ0n) is 5.86. The highest BCUT2D eigenvalue weighted by Crippen LogP contribution is 2.14. The maximum atomic E-state index is 9.13. The van der Waals surface area contributed by atoms with E-state index >= 15 is 0 Å². The molecule has 1 saturated heterocycles. The van der Waals surface area contributed by atoms with Crippen LogP contribution in [0.3, 0.4) is 0 Å². The number of aliphatic hydroxyl groups excluding tert-OH is 2. The van der Waals surface area contributed by atoms with Crippen molar-refractivity contribution in [3.8, 4) is 0 Å². The molecular weight excluding hydrogens is 136 g/mol. The molecule has 60 valence electrons. The number of ether oxygens (including phenoxy) is 2. The lowest BCUT2D eigenvalue weighted by Gasteiger charge is -2.29. The number of hydrogen-bond donors (Lipinski definition) is 2.